The number of ether oxygens (including phenoxy) is 1. The maximum absolute atomic E-state index is 13.7. The van der Waals surface area contributed by atoms with Crippen molar-refractivity contribution >= 4 is 0 Å². The molecule has 1 aliphatic rings. The molecule has 0 amide bonds. The summed E-state index contributed by atoms with van der Waals surface area (Å²) in [6, 6.07) is 7.78. The van der Waals surface area contributed by atoms with Crippen molar-refractivity contribution in [2.75, 3.05) is 19.7 Å². The molecule has 4 heteroatoms. The van der Waals surface area contributed by atoms with E-state index in [0.29, 0.717) is 13.1 Å². The number of halogens is 2. The molecule has 0 aromatic heterocycles. The lowest BCUT2D eigenvalue weighted by Crippen LogP contribution is -2.59. The first-order valence-electron chi connectivity index (χ1n) is 5.30. The van der Waals surface area contributed by atoms with Crippen LogP contribution in [0.4, 0.5) is 8.78 Å². The fourth-order valence-corrected chi connectivity index (χ4v) is 1.61. The molecule has 1 aromatic rings. The number of hydrogen-bond donors (Lipinski definition) is 1. The molecule has 0 saturated carbocycles. The first kappa shape index (κ1) is 11.5. The first-order valence-corrected chi connectivity index (χ1v) is 5.30. The smallest absolute Gasteiger partial charge is 0.296 e. The lowest BCUT2D eigenvalue weighted by molar-refractivity contribution is -0.152. The van der Waals surface area contributed by atoms with E-state index in [1.807, 2.05) is 6.92 Å². The lowest BCUT2D eigenvalue weighted by atomic mass is 10.00. The summed E-state index contributed by atoms with van der Waals surface area (Å²) in [4.78, 5) is 0. The number of rotatable bonds is 4. The van der Waals surface area contributed by atoms with E-state index in [1.165, 1.54) is 12.1 Å². The second-order valence-corrected chi connectivity index (χ2v) is 4.41. The van der Waals surface area contributed by atoms with E-state index in [9.17, 15) is 8.78 Å². The Balaban J connectivity index is 1.97. The lowest BCUT2D eigenvalue weighted by Gasteiger charge is -2.39. The Morgan fingerprint density at radius 1 is 1.31 bits per heavy atom. The van der Waals surface area contributed by atoms with Crippen LogP contribution in [0.2, 0.25) is 0 Å². The average Bonchev–Trinajstić information content (AvgIpc) is 2.25. The standard InChI is InChI=1S/C12H15F2NO/c1-11(7-15-8-11)16-9-12(13,14)10-5-3-2-4-6-10/h2-6,15H,7-9H2,1H3. The molecule has 0 atom stereocenters. The predicted octanol–water partition coefficient (Wildman–Crippen LogP) is 2.16. The Hall–Kier alpha value is -1.00. The normalized spacial score (nSPS) is 19.2. The van der Waals surface area contributed by atoms with Gasteiger partial charge in [0.25, 0.3) is 5.92 Å². The number of nitrogens with one attached hydrogen (secondary N) is 1. The van der Waals surface area contributed by atoms with Crippen LogP contribution in [0.15, 0.2) is 30.3 Å². The Morgan fingerprint density at radius 2 is 1.94 bits per heavy atom. The average molecular weight is 227 g/mol. The molecule has 0 radical (unpaired) electrons. The summed E-state index contributed by atoms with van der Waals surface area (Å²) < 4.78 is 32.7. The van der Waals surface area contributed by atoms with Crippen LogP contribution in [-0.4, -0.2) is 25.3 Å². The second-order valence-electron chi connectivity index (χ2n) is 4.41. The summed E-state index contributed by atoms with van der Waals surface area (Å²) in [5, 5.41) is 3.01. The highest BCUT2D eigenvalue weighted by Gasteiger charge is 2.39. The molecule has 2 rings (SSSR count). The van der Waals surface area contributed by atoms with Gasteiger partial charge in [-0.15, -0.1) is 0 Å². The van der Waals surface area contributed by atoms with Gasteiger partial charge in [-0.3, -0.25) is 0 Å². The van der Waals surface area contributed by atoms with Gasteiger partial charge in [0.05, 0.1) is 5.60 Å². The van der Waals surface area contributed by atoms with Gasteiger partial charge >= 0.3 is 0 Å². The molecule has 1 saturated heterocycles. The quantitative estimate of drug-likeness (QED) is 0.851. The molecule has 0 bridgehead atoms. The highest BCUT2D eigenvalue weighted by molar-refractivity contribution is 5.20. The van der Waals surface area contributed by atoms with Gasteiger partial charge in [0.2, 0.25) is 0 Å². The highest BCUT2D eigenvalue weighted by Crippen LogP contribution is 2.30. The van der Waals surface area contributed by atoms with Crippen molar-refractivity contribution in [1.29, 1.82) is 0 Å². The minimum absolute atomic E-state index is 0.00545. The molecule has 0 unspecified atom stereocenters. The van der Waals surface area contributed by atoms with Crippen LogP contribution < -0.4 is 5.32 Å². The van der Waals surface area contributed by atoms with Gasteiger partial charge in [-0.2, -0.15) is 8.78 Å². The minimum Gasteiger partial charge on any atom is -0.366 e. The summed E-state index contributed by atoms with van der Waals surface area (Å²) in [5.74, 6) is -2.92. The van der Waals surface area contributed by atoms with Crippen LogP contribution in [0, 0.1) is 0 Å². The van der Waals surface area contributed by atoms with Crippen molar-refractivity contribution in [2.45, 2.75) is 18.4 Å². The van der Waals surface area contributed by atoms with Crippen molar-refractivity contribution in [2.24, 2.45) is 0 Å². The maximum atomic E-state index is 13.7. The summed E-state index contributed by atoms with van der Waals surface area (Å²) in [7, 11) is 0. The minimum atomic E-state index is -2.92. The van der Waals surface area contributed by atoms with Crippen LogP contribution >= 0.6 is 0 Å². The fraction of sp³-hybridized carbons (Fsp3) is 0.500. The molecular formula is C12H15F2NO. The zero-order chi connectivity index (χ0) is 11.6. The van der Waals surface area contributed by atoms with Crippen LogP contribution in [0.3, 0.4) is 0 Å². The fourth-order valence-electron chi connectivity index (χ4n) is 1.61. The number of hydrogen-bond acceptors (Lipinski definition) is 2. The molecule has 1 fully saturated rings. The SMILES string of the molecule is CC1(OCC(F)(F)c2ccccc2)CNC1. The third kappa shape index (κ3) is 2.39. The van der Waals surface area contributed by atoms with Gasteiger partial charge in [0.15, 0.2) is 0 Å². The molecule has 0 aliphatic carbocycles. The van der Waals surface area contributed by atoms with Crippen LogP contribution in [0.1, 0.15) is 12.5 Å². The number of alkyl halides is 2. The molecule has 2 nitrogen and oxygen atoms in total. The largest absolute Gasteiger partial charge is 0.366 e. The van der Waals surface area contributed by atoms with E-state index < -0.39 is 18.1 Å². The summed E-state index contributed by atoms with van der Waals surface area (Å²) in [5.41, 5.74) is -0.427. The van der Waals surface area contributed by atoms with Gasteiger partial charge < -0.3 is 10.1 Å². The summed E-state index contributed by atoms with van der Waals surface area (Å²) in [6.07, 6.45) is 0. The van der Waals surface area contributed by atoms with Crippen LogP contribution in [-0.2, 0) is 10.7 Å². The van der Waals surface area contributed by atoms with Crippen molar-refractivity contribution in [1.82, 2.24) is 5.32 Å². The third-order valence-electron chi connectivity index (χ3n) is 2.80. The summed E-state index contributed by atoms with van der Waals surface area (Å²) >= 11 is 0. The molecule has 88 valence electrons. The highest BCUT2D eigenvalue weighted by atomic mass is 19.3. The van der Waals surface area contributed by atoms with Gasteiger partial charge in [-0.1, -0.05) is 30.3 Å². The molecule has 16 heavy (non-hydrogen) atoms. The Morgan fingerprint density at radius 3 is 2.44 bits per heavy atom. The molecule has 0 spiro atoms. The Kier molecular flexibility index (Phi) is 2.95. The van der Waals surface area contributed by atoms with Crippen molar-refractivity contribution in [3.05, 3.63) is 35.9 Å². The Labute approximate surface area is 93.6 Å². The van der Waals surface area contributed by atoms with E-state index in [4.69, 9.17) is 4.74 Å². The zero-order valence-electron chi connectivity index (χ0n) is 9.17. The molecule has 1 heterocycles. The van der Waals surface area contributed by atoms with Gasteiger partial charge in [-0.25, -0.2) is 0 Å². The first-order chi connectivity index (χ1) is 7.52. The van der Waals surface area contributed by atoms with Gasteiger partial charge in [-0.05, 0) is 6.92 Å². The molecular weight excluding hydrogens is 212 g/mol. The maximum Gasteiger partial charge on any atom is 0.296 e. The van der Waals surface area contributed by atoms with Crippen molar-refractivity contribution in [3.63, 3.8) is 0 Å². The molecule has 1 N–H and O–H groups in total. The van der Waals surface area contributed by atoms with Crippen molar-refractivity contribution in [3.8, 4) is 0 Å². The zero-order valence-corrected chi connectivity index (χ0v) is 9.17. The van der Waals surface area contributed by atoms with E-state index >= 15 is 0 Å². The van der Waals surface area contributed by atoms with Gasteiger partial charge in [0, 0.05) is 18.7 Å². The van der Waals surface area contributed by atoms with E-state index in [0.717, 1.165) is 0 Å². The van der Waals surface area contributed by atoms with E-state index in [1.54, 1.807) is 18.2 Å². The summed E-state index contributed by atoms with van der Waals surface area (Å²) in [6.45, 7) is 2.55. The predicted molar refractivity (Wildman–Crippen MR) is 57.6 cm³/mol. The van der Waals surface area contributed by atoms with E-state index in [-0.39, 0.29) is 5.56 Å². The topological polar surface area (TPSA) is 21.3 Å². The van der Waals surface area contributed by atoms with E-state index in [2.05, 4.69) is 5.32 Å². The van der Waals surface area contributed by atoms with Crippen LogP contribution in [0.5, 0.6) is 0 Å². The monoisotopic (exact) mass is 227 g/mol. The van der Waals surface area contributed by atoms with Crippen LogP contribution in [0.25, 0.3) is 0 Å². The Bertz CT molecular complexity index is 349. The number of benzene rings is 1. The van der Waals surface area contributed by atoms with Gasteiger partial charge in [0.1, 0.15) is 6.61 Å². The third-order valence-corrected chi connectivity index (χ3v) is 2.80. The van der Waals surface area contributed by atoms with Crippen molar-refractivity contribution < 1.29 is 13.5 Å². The second kappa shape index (κ2) is 4.11. The molecule has 1 aromatic carbocycles. The molecule has 1 aliphatic heterocycles.